The van der Waals surface area contributed by atoms with Crippen LogP contribution in [0.5, 0.6) is 0 Å². The van der Waals surface area contributed by atoms with Gasteiger partial charge in [0.25, 0.3) is 0 Å². The highest BCUT2D eigenvalue weighted by molar-refractivity contribution is 9.10. The van der Waals surface area contributed by atoms with E-state index in [1.807, 2.05) is 25.1 Å². The summed E-state index contributed by atoms with van der Waals surface area (Å²) in [6.45, 7) is 1.98. The van der Waals surface area contributed by atoms with Crippen LogP contribution in [0.3, 0.4) is 0 Å². The van der Waals surface area contributed by atoms with Crippen molar-refractivity contribution < 1.29 is 0 Å². The van der Waals surface area contributed by atoms with Crippen molar-refractivity contribution >= 4 is 33.1 Å². The third kappa shape index (κ3) is 2.68. The maximum atomic E-state index is 10.6. The van der Waals surface area contributed by atoms with E-state index in [1.165, 1.54) is 0 Å². The summed E-state index contributed by atoms with van der Waals surface area (Å²) in [5, 5.41) is 6.03. The van der Waals surface area contributed by atoms with Crippen molar-refractivity contribution in [1.29, 1.82) is 0 Å². The average molecular weight is 292 g/mol. The molecule has 0 saturated heterocycles. The maximum Gasteiger partial charge on any atom is 0.159 e. The summed E-state index contributed by atoms with van der Waals surface area (Å²) < 4.78 is 0.960. The van der Waals surface area contributed by atoms with Crippen LogP contribution in [0.1, 0.15) is 5.56 Å². The minimum atomic E-state index is 0.298. The standard InChI is InChI=1S/C12H10BrN3O/c1-8-4-5-9(13)7-11(8)15-12-10(16-17)3-2-6-14-12/h2-7H,1H3,(H,14,15). The molecular formula is C12H10BrN3O. The lowest BCUT2D eigenvalue weighted by atomic mass is 10.2. The molecule has 0 unspecified atom stereocenters. The quantitative estimate of drug-likeness (QED) is 0.858. The Morgan fingerprint density at radius 1 is 1.35 bits per heavy atom. The number of halogens is 1. The predicted molar refractivity (Wildman–Crippen MR) is 71.9 cm³/mol. The summed E-state index contributed by atoms with van der Waals surface area (Å²) in [6, 6.07) is 9.16. The number of aromatic nitrogens is 1. The second-order valence-corrected chi connectivity index (χ2v) is 4.46. The second-order valence-electron chi connectivity index (χ2n) is 3.55. The first kappa shape index (κ1) is 11.7. The van der Waals surface area contributed by atoms with Gasteiger partial charge in [0.05, 0.1) is 0 Å². The number of hydrogen-bond donors (Lipinski definition) is 1. The predicted octanol–water partition coefficient (Wildman–Crippen LogP) is 4.29. The van der Waals surface area contributed by atoms with Crippen molar-refractivity contribution in [1.82, 2.24) is 4.98 Å². The van der Waals surface area contributed by atoms with Gasteiger partial charge in [-0.05, 0) is 41.9 Å². The first-order valence-electron chi connectivity index (χ1n) is 5.02. The van der Waals surface area contributed by atoms with Gasteiger partial charge in [0.15, 0.2) is 11.5 Å². The van der Waals surface area contributed by atoms with Gasteiger partial charge in [0, 0.05) is 16.4 Å². The molecule has 0 fully saturated rings. The fraction of sp³-hybridized carbons (Fsp3) is 0.0833. The summed E-state index contributed by atoms with van der Waals surface area (Å²) >= 11 is 3.40. The Bertz CT molecular complexity index is 557. The average Bonchev–Trinajstić information content (AvgIpc) is 2.34. The second kappa shape index (κ2) is 5.05. The fourth-order valence-corrected chi connectivity index (χ4v) is 1.78. The molecule has 0 aliphatic rings. The number of rotatable bonds is 3. The Balaban J connectivity index is 2.37. The highest BCUT2D eigenvalue weighted by Gasteiger charge is 2.05. The van der Waals surface area contributed by atoms with E-state index in [4.69, 9.17) is 0 Å². The van der Waals surface area contributed by atoms with Gasteiger partial charge in [-0.1, -0.05) is 22.0 Å². The van der Waals surface area contributed by atoms with E-state index >= 15 is 0 Å². The lowest BCUT2D eigenvalue weighted by molar-refractivity contribution is 1.27. The molecule has 17 heavy (non-hydrogen) atoms. The molecule has 0 saturated carbocycles. The largest absolute Gasteiger partial charge is 0.338 e. The molecule has 5 heteroatoms. The van der Waals surface area contributed by atoms with E-state index in [0.717, 1.165) is 15.7 Å². The topological polar surface area (TPSA) is 54.4 Å². The van der Waals surface area contributed by atoms with Gasteiger partial charge >= 0.3 is 0 Å². The Kier molecular flexibility index (Phi) is 3.49. The van der Waals surface area contributed by atoms with Gasteiger partial charge in [0.2, 0.25) is 0 Å². The van der Waals surface area contributed by atoms with E-state index < -0.39 is 0 Å². The number of pyridine rings is 1. The van der Waals surface area contributed by atoms with Crippen LogP contribution in [0.4, 0.5) is 17.2 Å². The molecule has 0 bridgehead atoms. The fourth-order valence-electron chi connectivity index (χ4n) is 1.42. The normalized spacial score (nSPS) is 10.0. The van der Waals surface area contributed by atoms with Crippen molar-refractivity contribution in [2.24, 2.45) is 5.18 Å². The number of hydrogen-bond acceptors (Lipinski definition) is 4. The van der Waals surface area contributed by atoms with Crippen LogP contribution >= 0.6 is 15.9 Å². The lowest BCUT2D eigenvalue weighted by Gasteiger charge is -2.09. The van der Waals surface area contributed by atoms with Gasteiger partial charge < -0.3 is 5.32 Å². The van der Waals surface area contributed by atoms with Gasteiger partial charge in [-0.2, -0.15) is 0 Å². The van der Waals surface area contributed by atoms with Crippen molar-refractivity contribution in [3.8, 4) is 0 Å². The summed E-state index contributed by atoms with van der Waals surface area (Å²) in [5.41, 5.74) is 2.26. The summed E-state index contributed by atoms with van der Waals surface area (Å²) in [5.74, 6) is 0.462. The molecule has 0 radical (unpaired) electrons. The monoisotopic (exact) mass is 291 g/mol. The van der Waals surface area contributed by atoms with E-state index in [-0.39, 0.29) is 0 Å². The molecule has 4 nitrogen and oxygen atoms in total. The SMILES string of the molecule is Cc1ccc(Br)cc1Nc1ncccc1N=O. The molecule has 0 atom stereocenters. The Morgan fingerprint density at radius 3 is 2.94 bits per heavy atom. The van der Waals surface area contributed by atoms with E-state index in [9.17, 15) is 4.91 Å². The molecule has 0 spiro atoms. The molecule has 1 N–H and O–H groups in total. The molecule has 0 aliphatic heterocycles. The van der Waals surface area contributed by atoms with Crippen LogP contribution in [0.15, 0.2) is 46.2 Å². The van der Waals surface area contributed by atoms with E-state index in [1.54, 1.807) is 18.3 Å². The molecule has 2 rings (SSSR count). The van der Waals surface area contributed by atoms with Crippen molar-refractivity contribution in [3.05, 3.63) is 51.5 Å². The highest BCUT2D eigenvalue weighted by Crippen LogP contribution is 2.28. The van der Waals surface area contributed by atoms with Crippen molar-refractivity contribution in [2.45, 2.75) is 6.92 Å². The number of aryl methyl sites for hydroxylation is 1. The molecule has 1 aromatic heterocycles. The van der Waals surface area contributed by atoms with Crippen molar-refractivity contribution in [3.63, 3.8) is 0 Å². The number of nitrogens with zero attached hydrogens (tertiary/aromatic N) is 2. The van der Waals surface area contributed by atoms with Gasteiger partial charge in [-0.3, -0.25) is 0 Å². The lowest BCUT2D eigenvalue weighted by Crippen LogP contribution is -1.95. The molecule has 1 aromatic carbocycles. The molecule has 0 aliphatic carbocycles. The van der Waals surface area contributed by atoms with Gasteiger partial charge in [0.1, 0.15) is 0 Å². The maximum absolute atomic E-state index is 10.6. The zero-order valence-corrected chi connectivity index (χ0v) is 10.7. The third-order valence-corrected chi connectivity index (χ3v) is 2.83. The molecular weight excluding hydrogens is 282 g/mol. The summed E-state index contributed by atoms with van der Waals surface area (Å²) in [7, 11) is 0. The molecule has 1 heterocycles. The Morgan fingerprint density at radius 2 is 2.18 bits per heavy atom. The number of nitrogens with one attached hydrogen (secondary N) is 1. The minimum absolute atomic E-state index is 0.298. The Hall–Kier alpha value is -1.75. The number of benzene rings is 1. The summed E-state index contributed by atoms with van der Waals surface area (Å²) in [4.78, 5) is 14.7. The van der Waals surface area contributed by atoms with E-state index in [2.05, 4.69) is 31.4 Å². The van der Waals surface area contributed by atoms with Gasteiger partial charge in [-0.15, -0.1) is 4.91 Å². The molecule has 0 amide bonds. The van der Waals surface area contributed by atoms with Crippen LogP contribution in [0.2, 0.25) is 0 Å². The summed E-state index contributed by atoms with van der Waals surface area (Å²) in [6.07, 6.45) is 1.62. The third-order valence-electron chi connectivity index (χ3n) is 2.34. The number of nitroso groups, excluding NO2 is 1. The van der Waals surface area contributed by atoms with Crippen LogP contribution < -0.4 is 5.32 Å². The molecule has 86 valence electrons. The zero-order valence-electron chi connectivity index (χ0n) is 9.14. The van der Waals surface area contributed by atoms with Crippen LogP contribution in [-0.2, 0) is 0 Å². The van der Waals surface area contributed by atoms with E-state index in [0.29, 0.717) is 11.5 Å². The minimum Gasteiger partial charge on any atom is -0.338 e. The van der Waals surface area contributed by atoms with Crippen molar-refractivity contribution in [2.75, 3.05) is 5.32 Å². The highest BCUT2D eigenvalue weighted by atomic mass is 79.9. The first-order valence-corrected chi connectivity index (χ1v) is 5.81. The van der Waals surface area contributed by atoms with Gasteiger partial charge in [-0.25, -0.2) is 4.98 Å². The smallest absolute Gasteiger partial charge is 0.159 e. The Labute approximate surface area is 107 Å². The zero-order chi connectivity index (χ0) is 12.3. The molecule has 2 aromatic rings. The van der Waals surface area contributed by atoms with Crippen LogP contribution in [0, 0.1) is 11.8 Å². The van der Waals surface area contributed by atoms with Crippen LogP contribution in [-0.4, -0.2) is 4.98 Å². The van der Waals surface area contributed by atoms with Crippen LogP contribution in [0.25, 0.3) is 0 Å². The first-order chi connectivity index (χ1) is 8.20. The number of anilines is 2.